The second-order valence-corrected chi connectivity index (χ2v) is 20.4. The molecule has 4 N–H and O–H groups in total. The highest BCUT2D eigenvalue weighted by atomic mass is 35.5. The van der Waals surface area contributed by atoms with Gasteiger partial charge in [0.1, 0.15) is 22.7 Å². The Hall–Kier alpha value is -6.82. The minimum atomic E-state index is -0.477. The number of hydrogen-bond acceptors (Lipinski definition) is 8. The number of carbonyl (C=O) groups is 2. The number of nitrogens with zero attached hydrogens (tertiary/aromatic N) is 2. The lowest BCUT2D eigenvalue weighted by atomic mass is 9.91. The normalized spacial score (nSPS) is 12.2. The number of carbonyl (C=O) groups excluding carboxylic acids is 2. The molecule has 0 aliphatic rings. The van der Waals surface area contributed by atoms with Gasteiger partial charge in [-0.2, -0.15) is 0 Å². The van der Waals surface area contributed by atoms with Crippen molar-refractivity contribution in [2.75, 3.05) is 26.2 Å². The molecule has 8 aromatic rings. The van der Waals surface area contributed by atoms with Gasteiger partial charge < -0.3 is 30.1 Å². The molecule has 74 heavy (non-hydrogen) atoms. The van der Waals surface area contributed by atoms with E-state index >= 15 is 0 Å². The van der Waals surface area contributed by atoms with Crippen LogP contribution in [-0.2, 0) is 12.8 Å². The molecule has 6 aromatic carbocycles. The number of nitrogens with two attached hydrogens (primary N) is 2. The number of fused-ring (bicyclic) bond motifs is 2. The molecule has 12 heteroatoms. The molecule has 2 atom stereocenters. The molecule has 0 saturated carbocycles. The Morgan fingerprint density at radius 3 is 1.19 bits per heavy atom. The van der Waals surface area contributed by atoms with Crippen molar-refractivity contribution in [1.29, 1.82) is 0 Å². The third kappa shape index (κ3) is 13.1. The van der Waals surface area contributed by atoms with E-state index < -0.39 is 12.1 Å². The number of amides is 2. The fourth-order valence-corrected chi connectivity index (χ4v) is 9.77. The standard InChI is InChI=1S/2C31H33ClN2O3/c2*1-20(2)28(34(17-7-16-33)31(36)23-12-10-21(3)11-13-23)30-26(18-22-8-5-4-6-9-22)29(35)25-15-14-24(32)19-27(25)37-30/h2*4-6,8-15,19-20,28H,7,16-18,33H2,1-3H3/t2*28-/m11/s1. The quantitative estimate of drug-likeness (QED) is 0.0861. The van der Waals surface area contributed by atoms with Crippen LogP contribution in [0.2, 0.25) is 10.0 Å². The van der Waals surface area contributed by atoms with E-state index in [0.717, 1.165) is 22.3 Å². The number of rotatable bonds is 18. The van der Waals surface area contributed by atoms with Crippen molar-refractivity contribution in [1.82, 2.24) is 9.80 Å². The second-order valence-electron chi connectivity index (χ2n) is 19.5. The zero-order valence-corrected chi connectivity index (χ0v) is 44.6. The van der Waals surface area contributed by atoms with Crippen LogP contribution < -0.4 is 22.3 Å². The first-order valence-corrected chi connectivity index (χ1v) is 26.1. The van der Waals surface area contributed by atoms with Gasteiger partial charge in [0.25, 0.3) is 11.8 Å². The second kappa shape index (κ2) is 25.4. The Balaban J connectivity index is 0.000000216. The third-order valence-corrected chi connectivity index (χ3v) is 13.7. The SMILES string of the molecule is Cc1ccc(C(=O)N(CCCN)[C@@H](c2oc3cc(Cl)ccc3c(=O)c2Cc2ccccc2)C(C)C)cc1.Cc1ccc(C(=O)N(CCCN)[C@@H](c2oc3cc(Cl)ccc3c(=O)c2Cc2ccccc2)C(C)C)cc1. The van der Waals surface area contributed by atoms with Gasteiger partial charge in [-0.15, -0.1) is 0 Å². The largest absolute Gasteiger partial charge is 0.458 e. The average Bonchev–Trinajstić information content (AvgIpc) is 3.38. The van der Waals surface area contributed by atoms with Crippen molar-refractivity contribution in [3.05, 3.63) is 232 Å². The van der Waals surface area contributed by atoms with Gasteiger partial charge in [0.05, 0.1) is 22.9 Å². The lowest BCUT2D eigenvalue weighted by molar-refractivity contribution is 0.0582. The molecule has 0 bridgehead atoms. The van der Waals surface area contributed by atoms with E-state index in [1.807, 2.05) is 161 Å². The minimum Gasteiger partial charge on any atom is -0.458 e. The summed E-state index contributed by atoms with van der Waals surface area (Å²) in [6.45, 7) is 13.9. The molecular weight excluding hydrogens is 968 g/mol. The van der Waals surface area contributed by atoms with Crippen LogP contribution in [0.4, 0.5) is 0 Å². The van der Waals surface area contributed by atoms with Crippen LogP contribution in [0.5, 0.6) is 0 Å². The van der Waals surface area contributed by atoms with Crippen molar-refractivity contribution >= 4 is 57.0 Å². The van der Waals surface area contributed by atoms with Gasteiger partial charge in [-0.1, -0.05) is 147 Å². The molecule has 0 fully saturated rings. The Morgan fingerprint density at radius 2 is 0.865 bits per heavy atom. The zero-order chi connectivity index (χ0) is 53.1. The van der Waals surface area contributed by atoms with Crippen molar-refractivity contribution < 1.29 is 18.4 Å². The Bertz CT molecular complexity index is 3080. The van der Waals surface area contributed by atoms with Gasteiger partial charge in [0, 0.05) is 70.4 Å². The smallest absolute Gasteiger partial charge is 0.254 e. The predicted octanol–water partition coefficient (Wildman–Crippen LogP) is 13.1. The van der Waals surface area contributed by atoms with Gasteiger partial charge >= 0.3 is 0 Å². The van der Waals surface area contributed by atoms with E-state index in [-0.39, 0.29) is 34.5 Å². The van der Waals surface area contributed by atoms with Gasteiger partial charge in [-0.25, -0.2) is 0 Å². The Kier molecular flexibility index (Phi) is 18.9. The summed E-state index contributed by atoms with van der Waals surface area (Å²) >= 11 is 12.5. The third-order valence-electron chi connectivity index (χ3n) is 13.2. The van der Waals surface area contributed by atoms with E-state index in [1.165, 1.54) is 0 Å². The summed E-state index contributed by atoms with van der Waals surface area (Å²) in [6, 6.07) is 43.9. The van der Waals surface area contributed by atoms with Crippen molar-refractivity contribution in [3.8, 4) is 0 Å². The summed E-state index contributed by atoms with van der Waals surface area (Å²) < 4.78 is 13.0. The molecule has 0 aliphatic carbocycles. The molecule has 8 rings (SSSR count). The number of benzene rings is 6. The molecule has 0 aliphatic heterocycles. The highest BCUT2D eigenvalue weighted by molar-refractivity contribution is 6.31. The van der Waals surface area contributed by atoms with Crippen LogP contribution in [-0.4, -0.2) is 47.8 Å². The zero-order valence-electron chi connectivity index (χ0n) is 43.1. The Labute approximate surface area is 443 Å². The van der Waals surface area contributed by atoms with Gasteiger partial charge in [-0.3, -0.25) is 19.2 Å². The van der Waals surface area contributed by atoms with Crippen molar-refractivity contribution in [3.63, 3.8) is 0 Å². The highest BCUT2D eigenvalue weighted by Gasteiger charge is 2.35. The monoisotopic (exact) mass is 1030 g/mol. The van der Waals surface area contributed by atoms with Crippen LogP contribution in [0.1, 0.15) is 118 Å². The first-order valence-electron chi connectivity index (χ1n) is 25.3. The molecule has 0 spiro atoms. The topological polar surface area (TPSA) is 153 Å². The summed E-state index contributed by atoms with van der Waals surface area (Å²) in [7, 11) is 0. The van der Waals surface area contributed by atoms with Crippen LogP contribution in [0.25, 0.3) is 21.9 Å². The van der Waals surface area contributed by atoms with Gasteiger partial charge in [0.2, 0.25) is 0 Å². The molecule has 2 heterocycles. The first-order chi connectivity index (χ1) is 35.6. The number of aryl methyl sites for hydroxylation is 2. The average molecular weight is 1030 g/mol. The first kappa shape index (κ1) is 54.9. The number of halogens is 2. The Morgan fingerprint density at radius 1 is 0.514 bits per heavy atom. The van der Waals surface area contributed by atoms with Crippen molar-refractivity contribution in [2.45, 2.75) is 79.3 Å². The lowest BCUT2D eigenvalue weighted by Gasteiger charge is -2.35. The summed E-state index contributed by atoms with van der Waals surface area (Å²) in [5.74, 6) is 0.675. The maximum Gasteiger partial charge on any atom is 0.254 e. The predicted molar refractivity (Wildman–Crippen MR) is 300 cm³/mol. The molecule has 0 saturated heterocycles. The molecule has 2 amide bonds. The summed E-state index contributed by atoms with van der Waals surface area (Å²) in [4.78, 5) is 59.2. The van der Waals surface area contributed by atoms with E-state index in [9.17, 15) is 19.2 Å². The van der Waals surface area contributed by atoms with E-state index in [4.69, 9.17) is 43.5 Å². The van der Waals surface area contributed by atoms with Crippen LogP contribution in [0.15, 0.2) is 164 Å². The summed E-state index contributed by atoms with van der Waals surface area (Å²) in [6.07, 6.45) is 2.03. The molecule has 0 unspecified atom stereocenters. The number of hydrogen-bond donors (Lipinski definition) is 2. The maximum absolute atomic E-state index is 13.9. The molecule has 10 nitrogen and oxygen atoms in total. The van der Waals surface area contributed by atoms with E-state index in [2.05, 4.69) is 0 Å². The highest BCUT2D eigenvalue weighted by Crippen LogP contribution is 2.37. The van der Waals surface area contributed by atoms with Crippen LogP contribution >= 0.6 is 23.2 Å². The van der Waals surface area contributed by atoms with Crippen LogP contribution in [0, 0.1) is 25.7 Å². The molecular formula is C62H66Cl2N4O6. The van der Waals surface area contributed by atoms with Crippen LogP contribution in [0.3, 0.4) is 0 Å². The maximum atomic E-state index is 13.9. The fourth-order valence-electron chi connectivity index (χ4n) is 9.45. The van der Waals surface area contributed by atoms with E-state index in [0.29, 0.717) is 118 Å². The fraction of sp³-hybridized carbons (Fsp3) is 0.290. The van der Waals surface area contributed by atoms with Gasteiger partial charge in [-0.05, 0) is 111 Å². The lowest BCUT2D eigenvalue weighted by Crippen LogP contribution is -2.40. The summed E-state index contributed by atoms with van der Waals surface area (Å²) in [5, 5.41) is 1.91. The molecule has 384 valence electrons. The molecule has 2 aromatic heterocycles. The van der Waals surface area contributed by atoms with E-state index in [1.54, 1.807) is 36.4 Å². The minimum absolute atomic E-state index is 0.0403. The summed E-state index contributed by atoms with van der Waals surface area (Å²) in [5.41, 5.74) is 18.8. The molecule has 0 radical (unpaired) electrons. The van der Waals surface area contributed by atoms with Crippen molar-refractivity contribution in [2.24, 2.45) is 23.3 Å². The van der Waals surface area contributed by atoms with Gasteiger partial charge in [0.15, 0.2) is 10.9 Å².